The summed E-state index contributed by atoms with van der Waals surface area (Å²) in [5.41, 5.74) is 1.74. The smallest absolute Gasteiger partial charge is 0.223 e. The van der Waals surface area contributed by atoms with E-state index in [1.165, 1.54) is 0 Å². The van der Waals surface area contributed by atoms with Crippen LogP contribution >= 0.6 is 0 Å². The molecule has 0 bridgehead atoms. The fourth-order valence-electron chi connectivity index (χ4n) is 2.62. The van der Waals surface area contributed by atoms with E-state index < -0.39 is 0 Å². The van der Waals surface area contributed by atoms with Crippen LogP contribution in [0.5, 0.6) is 0 Å². The second-order valence-electron chi connectivity index (χ2n) is 5.55. The summed E-state index contributed by atoms with van der Waals surface area (Å²) in [6.45, 7) is 4.57. The molecule has 0 unspecified atom stereocenters. The Balaban J connectivity index is 1.68. The maximum absolute atomic E-state index is 5.00. The Labute approximate surface area is 143 Å². The van der Waals surface area contributed by atoms with Crippen molar-refractivity contribution in [2.45, 2.75) is 26.9 Å². The van der Waals surface area contributed by atoms with E-state index in [0.717, 1.165) is 16.9 Å². The molecule has 0 aliphatic rings. The number of aromatic nitrogens is 7. The zero-order valence-electron chi connectivity index (χ0n) is 13.8. The number of fused-ring (bicyclic) bond motifs is 1. The molecule has 0 saturated heterocycles. The molecule has 9 nitrogen and oxygen atoms in total. The molecule has 0 fully saturated rings. The standard InChI is InChI=1S/C16H16N8O/c1-10-20-12-4-7-24(9-14-17-5-3-6-18-14)15(12)16(21-10)19-8-13-22-11(2)25-23-13/h3-7H,8-9H2,1-2H3,(H,19,20,21). The molecule has 0 atom stereocenters. The first-order chi connectivity index (χ1) is 12.2. The predicted molar refractivity (Wildman–Crippen MR) is 89.8 cm³/mol. The Morgan fingerprint density at radius 1 is 1.08 bits per heavy atom. The number of anilines is 1. The maximum atomic E-state index is 5.00. The van der Waals surface area contributed by atoms with E-state index in [-0.39, 0.29) is 0 Å². The van der Waals surface area contributed by atoms with Gasteiger partial charge in [-0.3, -0.25) is 0 Å². The van der Waals surface area contributed by atoms with Crippen molar-refractivity contribution in [3.63, 3.8) is 0 Å². The maximum Gasteiger partial charge on any atom is 0.223 e. The van der Waals surface area contributed by atoms with Crippen LogP contribution in [0.3, 0.4) is 0 Å². The van der Waals surface area contributed by atoms with Crippen molar-refractivity contribution >= 4 is 16.9 Å². The lowest BCUT2D eigenvalue weighted by atomic mass is 10.4. The van der Waals surface area contributed by atoms with Gasteiger partial charge < -0.3 is 14.4 Å². The van der Waals surface area contributed by atoms with Gasteiger partial charge in [0.1, 0.15) is 17.2 Å². The fraction of sp³-hybridized carbons (Fsp3) is 0.250. The minimum absolute atomic E-state index is 0.413. The van der Waals surface area contributed by atoms with Crippen LogP contribution in [0.1, 0.15) is 23.4 Å². The fourth-order valence-corrected chi connectivity index (χ4v) is 2.62. The summed E-state index contributed by atoms with van der Waals surface area (Å²) < 4.78 is 7.02. The van der Waals surface area contributed by atoms with Crippen molar-refractivity contribution in [1.82, 2.24) is 34.6 Å². The van der Waals surface area contributed by atoms with Crippen LogP contribution in [0.2, 0.25) is 0 Å². The quantitative estimate of drug-likeness (QED) is 0.588. The summed E-state index contributed by atoms with van der Waals surface area (Å²) in [7, 11) is 0. The molecule has 1 N–H and O–H groups in total. The molecular formula is C16H16N8O. The van der Waals surface area contributed by atoms with Gasteiger partial charge in [0.2, 0.25) is 5.89 Å². The van der Waals surface area contributed by atoms with Crippen LogP contribution in [0.25, 0.3) is 11.0 Å². The lowest BCUT2D eigenvalue weighted by molar-refractivity contribution is 0.388. The lowest BCUT2D eigenvalue weighted by Crippen LogP contribution is -2.09. The van der Waals surface area contributed by atoms with Crippen LogP contribution < -0.4 is 5.32 Å². The highest BCUT2D eigenvalue weighted by Gasteiger charge is 2.13. The van der Waals surface area contributed by atoms with E-state index in [4.69, 9.17) is 4.52 Å². The first-order valence-electron chi connectivity index (χ1n) is 7.81. The van der Waals surface area contributed by atoms with Crippen LogP contribution in [-0.4, -0.2) is 34.6 Å². The molecule has 0 saturated carbocycles. The summed E-state index contributed by atoms with van der Waals surface area (Å²) in [5, 5.41) is 7.16. The van der Waals surface area contributed by atoms with Crippen molar-refractivity contribution in [3.05, 3.63) is 54.1 Å². The summed E-state index contributed by atoms with van der Waals surface area (Å²) in [6.07, 6.45) is 5.41. The van der Waals surface area contributed by atoms with Gasteiger partial charge in [0.05, 0.1) is 18.6 Å². The second kappa shape index (κ2) is 6.27. The van der Waals surface area contributed by atoms with Gasteiger partial charge in [-0.2, -0.15) is 4.98 Å². The normalized spacial score (nSPS) is 11.1. The number of hydrogen-bond donors (Lipinski definition) is 1. The second-order valence-corrected chi connectivity index (χ2v) is 5.55. The summed E-state index contributed by atoms with van der Waals surface area (Å²) in [4.78, 5) is 21.8. The Hall–Kier alpha value is -3.36. The summed E-state index contributed by atoms with van der Waals surface area (Å²) >= 11 is 0. The molecule has 0 aromatic carbocycles. The van der Waals surface area contributed by atoms with Gasteiger partial charge in [-0.15, -0.1) is 0 Å². The number of nitrogens with zero attached hydrogens (tertiary/aromatic N) is 7. The van der Waals surface area contributed by atoms with Gasteiger partial charge in [-0.1, -0.05) is 5.16 Å². The average Bonchev–Trinajstić information content (AvgIpc) is 3.20. The predicted octanol–water partition coefficient (Wildman–Crippen LogP) is 1.88. The molecule has 4 rings (SSSR count). The topological polar surface area (TPSA) is 107 Å². The highest BCUT2D eigenvalue weighted by atomic mass is 16.5. The minimum atomic E-state index is 0.413. The van der Waals surface area contributed by atoms with Crippen LogP contribution in [-0.2, 0) is 13.1 Å². The van der Waals surface area contributed by atoms with Crippen molar-refractivity contribution in [2.75, 3.05) is 5.32 Å². The molecule has 9 heteroatoms. The third-order valence-corrected chi connectivity index (χ3v) is 3.64. The van der Waals surface area contributed by atoms with Crippen LogP contribution in [0, 0.1) is 13.8 Å². The number of rotatable bonds is 5. The molecule has 25 heavy (non-hydrogen) atoms. The summed E-state index contributed by atoms with van der Waals surface area (Å²) in [6, 6.07) is 3.75. The molecular weight excluding hydrogens is 320 g/mol. The van der Waals surface area contributed by atoms with Crippen molar-refractivity contribution in [2.24, 2.45) is 0 Å². The van der Waals surface area contributed by atoms with Gasteiger partial charge in [0, 0.05) is 25.5 Å². The molecule has 4 aromatic rings. The third-order valence-electron chi connectivity index (χ3n) is 3.64. The zero-order valence-corrected chi connectivity index (χ0v) is 13.8. The number of aryl methyl sites for hydroxylation is 2. The molecule has 4 aromatic heterocycles. The largest absolute Gasteiger partial charge is 0.361 e. The Kier molecular flexibility index (Phi) is 3.81. The van der Waals surface area contributed by atoms with Crippen LogP contribution in [0.15, 0.2) is 35.2 Å². The van der Waals surface area contributed by atoms with Gasteiger partial charge in [-0.05, 0) is 19.1 Å². The molecule has 0 aliphatic heterocycles. The molecule has 4 heterocycles. The minimum Gasteiger partial charge on any atom is -0.361 e. The first-order valence-corrected chi connectivity index (χ1v) is 7.81. The Morgan fingerprint density at radius 3 is 2.68 bits per heavy atom. The lowest BCUT2D eigenvalue weighted by Gasteiger charge is -2.10. The van der Waals surface area contributed by atoms with Crippen molar-refractivity contribution in [1.29, 1.82) is 0 Å². The first kappa shape index (κ1) is 15.2. The van der Waals surface area contributed by atoms with Gasteiger partial charge >= 0.3 is 0 Å². The third kappa shape index (κ3) is 3.16. The zero-order chi connectivity index (χ0) is 17.2. The van der Waals surface area contributed by atoms with E-state index in [1.807, 2.05) is 23.8 Å². The van der Waals surface area contributed by atoms with Gasteiger partial charge in [0.25, 0.3) is 0 Å². The van der Waals surface area contributed by atoms with E-state index >= 15 is 0 Å². The Morgan fingerprint density at radius 2 is 1.92 bits per heavy atom. The highest BCUT2D eigenvalue weighted by molar-refractivity contribution is 5.86. The summed E-state index contributed by atoms with van der Waals surface area (Å²) in [5.74, 6) is 3.23. The van der Waals surface area contributed by atoms with E-state index in [9.17, 15) is 0 Å². The SMILES string of the molecule is Cc1nc(NCc2noc(C)n2)c2c(ccn2Cc2ncccn2)n1. The monoisotopic (exact) mass is 336 g/mol. The Bertz CT molecular complexity index is 1010. The van der Waals surface area contributed by atoms with Crippen molar-refractivity contribution in [3.8, 4) is 0 Å². The van der Waals surface area contributed by atoms with Crippen molar-refractivity contribution < 1.29 is 4.52 Å². The number of hydrogen-bond acceptors (Lipinski definition) is 8. The highest BCUT2D eigenvalue weighted by Crippen LogP contribution is 2.22. The van der Waals surface area contributed by atoms with E-state index in [1.54, 1.807) is 25.4 Å². The number of nitrogens with one attached hydrogen (secondary N) is 1. The molecule has 0 radical (unpaired) electrons. The van der Waals surface area contributed by atoms with E-state index in [2.05, 4.69) is 35.4 Å². The molecule has 0 spiro atoms. The van der Waals surface area contributed by atoms with Crippen LogP contribution in [0.4, 0.5) is 5.82 Å². The molecule has 0 aliphatic carbocycles. The average molecular weight is 336 g/mol. The van der Waals surface area contributed by atoms with E-state index in [0.29, 0.717) is 36.4 Å². The molecule has 126 valence electrons. The molecule has 0 amide bonds. The van der Waals surface area contributed by atoms with Gasteiger partial charge in [0.15, 0.2) is 11.6 Å². The van der Waals surface area contributed by atoms with Gasteiger partial charge in [-0.25, -0.2) is 19.9 Å².